The molecule has 2 aromatic rings. The molecule has 1 fully saturated rings. The van der Waals surface area contributed by atoms with E-state index < -0.39 is 0 Å². The van der Waals surface area contributed by atoms with Gasteiger partial charge in [-0.25, -0.2) is 14.6 Å². The molecule has 0 saturated carbocycles. The number of carbonyl (C=O) groups excluding carboxylic acids is 1. The van der Waals surface area contributed by atoms with Gasteiger partial charge in [0.05, 0.1) is 12.3 Å². The zero-order valence-corrected chi connectivity index (χ0v) is 13.5. The normalized spacial score (nSPS) is 18.0. The molecular formula is C13H17N7O2S. The number of piperidine rings is 1. The van der Waals surface area contributed by atoms with Crippen molar-refractivity contribution < 1.29 is 9.53 Å². The van der Waals surface area contributed by atoms with Crippen molar-refractivity contribution in [3.05, 3.63) is 18.6 Å². The number of hydrogen-bond donors (Lipinski definition) is 0. The molecule has 1 aliphatic rings. The minimum Gasteiger partial charge on any atom is -0.472 e. The number of carbonyl (C=O) groups is 1. The lowest BCUT2D eigenvalue weighted by atomic mass is 10.1. The second-order valence-electron chi connectivity index (χ2n) is 5.14. The molecule has 0 bridgehead atoms. The predicted octanol–water partition coefficient (Wildman–Crippen LogP) is 0.162. The van der Waals surface area contributed by atoms with Gasteiger partial charge in [0.1, 0.15) is 12.4 Å². The van der Waals surface area contributed by atoms with Crippen molar-refractivity contribution in [2.45, 2.75) is 24.1 Å². The molecule has 3 heterocycles. The van der Waals surface area contributed by atoms with Crippen LogP contribution in [0.5, 0.6) is 5.88 Å². The molecule has 1 saturated heterocycles. The second kappa shape index (κ2) is 7.36. The number of thioether (sulfide) groups is 1. The molecule has 10 heteroatoms. The van der Waals surface area contributed by atoms with Crippen LogP contribution in [0.3, 0.4) is 0 Å². The zero-order chi connectivity index (χ0) is 16.1. The monoisotopic (exact) mass is 335 g/mol. The number of tetrazole rings is 1. The first-order chi connectivity index (χ1) is 11.2. The van der Waals surface area contributed by atoms with Crippen LogP contribution in [0.4, 0.5) is 0 Å². The van der Waals surface area contributed by atoms with Crippen molar-refractivity contribution in [1.29, 1.82) is 0 Å². The summed E-state index contributed by atoms with van der Waals surface area (Å²) < 4.78 is 7.37. The summed E-state index contributed by atoms with van der Waals surface area (Å²) in [6, 6.07) is 1.72. The van der Waals surface area contributed by atoms with Gasteiger partial charge < -0.3 is 9.64 Å². The molecule has 3 rings (SSSR count). The average Bonchev–Trinajstić information content (AvgIpc) is 2.99. The molecule has 0 aromatic carbocycles. The summed E-state index contributed by atoms with van der Waals surface area (Å²) in [4.78, 5) is 22.1. The van der Waals surface area contributed by atoms with Crippen LogP contribution in [0.1, 0.15) is 12.8 Å². The van der Waals surface area contributed by atoms with Crippen molar-refractivity contribution in [3.63, 3.8) is 0 Å². The lowest BCUT2D eigenvalue weighted by molar-refractivity contribution is -0.130. The number of likely N-dealkylation sites (tertiary alicyclic amines) is 1. The summed E-state index contributed by atoms with van der Waals surface area (Å²) in [6.07, 6.45) is 4.88. The molecule has 0 aliphatic carbocycles. The summed E-state index contributed by atoms with van der Waals surface area (Å²) in [5.41, 5.74) is 0. The fourth-order valence-corrected chi connectivity index (χ4v) is 3.09. The summed E-state index contributed by atoms with van der Waals surface area (Å²) in [5, 5.41) is 11.8. The van der Waals surface area contributed by atoms with Crippen LogP contribution in [-0.4, -0.2) is 65.9 Å². The molecule has 1 atom stereocenters. The van der Waals surface area contributed by atoms with E-state index in [1.807, 2.05) is 4.90 Å². The van der Waals surface area contributed by atoms with Crippen LogP contribution < -0.4 is 4.74 Å². The molecule has 1 aliphatic heterocycles. The van der Waals surface area contributed by atoms with Crippen LogP contribution >= 0.6 is 11.8 Å². The van der Waals surface area contributed by atoms with Gasteiger partial charge in [-0.2, -0.15) is 0 Å². The number of aryl methyl sites for hydroxylation is 1. The Bertz CT molecular complexity index is 651. The molecule has 9 nitrogen and oxygen atoms in total. The Morgan fingerprint density at radius 1 is 1.52 bits per heavy atom. The van der Waals surface area contributed by atoms with E-state index in [4.69, 9.17) is 4.74 Å². The minimum atomic E-state index is -0.0379. The van der Waals surface area contributed by atoms with Gasteiger partial charge >= 0.3 is 0 Å². The van der Waals surface area contributed by atoms with Crippen LogP contribution in [-0.2, 0) is 11.8 Å². The topological polar surface area (TPSA) is 98.9 Å². The van der Waals surface area contributed by atoms with Crippen molar-refractivity contribution in [2.24, 2.45) is 7.05 Å². The van der Waals surface area contributed by atoms with E-state index in [1.165, 1.54) is 18.1 Å². The Hall–Kier alpha value is -2.23. The predicted molar refractivity (Wildman–Crippen MR) is 81.8 cm³/mol. The summed E-state index contributed by atoms with van der Waals surface area (Å²) in [7, 11) is 1.75. The van der Waals surface area contributed by atoms with E-state index in [1.54, 1.807) is 24.0 Å². The maximum Gasteiger partial charge on any atom is 0.233 e. The Labute approximate surface area is 137 Å². The fraction of sp³-hybridized carbons (Fsp3) is 0.538. The fourth-order valence-electron chi connectivity index (χ4n) is 2.34. The van der Waals surface area contributed by atoms with Gasteiger partial charge in [0, 0.05) is 25.9 Å². The third-order valence-electron chi connectivity index (χ3n) is 3.48. The third-order valence-corrected chi connectivity index (χ3v) is 4.47. The Kier molecular flexibility index (Phi) is 5.01. The molecule has 0 N–H and O–H groups in total. The van der Waals surface area contributed by atoms with Gasteiger partial charge in [-0.1, -0.05) is 11.8 Å². The first kappa shape index (κ1) is 15.7. The molecule has 1 unspecified atom stereocenters. The highest BCUT2D eigenvalue weighted by Gasteiger charge is 2.25. The van der Waals surface area contributed by atoms with Crippen LogP contribution in [0.25, 0.3) is 0 Å². The molecule has 0 radical (unpaired) electrons. The van der Waals surface area contributed by atoms with Gasteiger partial charge in [0.15, 0.2) is 0 Å². The molecule has 2 aromatic heterocycles. The largest absolute Gasteiger partial charge is 0.472 e. The van der Waals surface area contributed by atoms with E-state index in [-0.39, 0.29) is 12.0 Å². The van der Waals surface area contributed by atoms with Gasteiger partial charge in [-0.15, -0.1) is 5.10 Å². The lowest BCUT2D eigenvalue weighted by Gasteiger charge is -2.32. The molecule has 1 amide bonds. The quantitative estimate of drug-likeness (QED) is 0.713. The minimum absolute atomic E-state index is 0.0379. The van der Waals surface area contributed by atoms with Crippen molar-refractivity contribution in [2.75, 3.05) is 18.8 Å². The van der Waals surface area contributed by atoms with Gasteiger partial charge in [-0.05, 0) is 23.3 Å². The van der Waals surface area contributed by atoms with Crippen molar-refractivity contribution >= 4 is 17.7 Å². The van der Waals surface area contributed by atoms with Gasteiger partial charge in [-0.3, -0.25) is 4.79 Å². The lowest BCUT2D eigenvalue weighted by Crippen LogP contribution is -2.45. The van der Waals surface area contributed by atoms with E-state index >= 15 is 0 Å². The number of hydrogen-bond acceptors (Lipinski definition) is 8. The highest BCUT2D eigenvalue weighted by atomic mass is 32.2. The molecule has 0 spiro atoms. The van der Waals surface area contributed by atoms with Gasteiger partial charge in [0.2, 0.25) is 16.9 Å². The number of nitrogens with zero attached hydrogens (tertiary/aromatic N) is 7. The van der Waals surface area contributed by atoms with Crippen LogP contribution in [0.15, 0.2) is 23.7 Å². The maximum absolute atomic E-state index is 12.3. The van der Waals surface area contributed by atoms with Crippen LogP contribution in [0, 0.1) is 0 Å². The molecular weight excluding hydrogens is 318 g/mol. The number of rotatable bonds is 5. The summed E-state index contributed by atoms with van der Waals surface area (Å²) >= 11 is 1.33. The number of aromatic nitrogens is 6. The second-order valence-corrected chi connectivity index (χ2v) is 6.09. The van der Waals surface area contributed by atoms with Crippen molar-refractivity contribution in [1.82, 2.24) is 35.1 Å². The van der Waals surface area contributed by atoms with Crippen molar-refractivity contribution in [3.8, 4) is 5.88 Å². The third kappa shape index (κ3) is 4.15. The Morgan fingerprint density at radius 2 is 2.43 bits per heavy atom. The summed E-state index contributed by atoms with van der Waals surface area (Å²) in [5.74, 6) is 0.918. The smallest absolute Gasteiger partial charge is 0.233 e. The van der Waals surface area contributed by atoms with E-state index in [0.717, 1.165) is 19.4 Å². The first-order valence-electron chi connectivity index (χ1n) is 7.28. The molecule has 23 heavy (non-hydrogen) atoms. The Balaban J connectivity index is 1.51. The summed E-state index contributed by atoms with van der Waals surface area (Å²) in [6.45, 7) is 1.32. The standard InChI is InChI=1S/C13H17N7O2S/c1-19-13(16-17-18-19)23-8-12(21)20-6-2-3-10(7-20)22-11-4-5-14-9-15-11/h4-5,9-10H,2-3,6-8H2,1H3. The van der Waals surface area contributed by atoms with Gasteiger partial charge in [0.25, 0.3) is 0 Å². The zero-order valence-electron chi connectivity index (χ0n) is 12.7. The van der Waals surface area contributed by atoms with E-state index in [0.29, 0.717) is 23.3 Å². The first-order valence-corrected chi connectivity index (χ1v) is 8.26. The van der Waals surface area contributed by atoms with E-state index in [2.05, 4.69) is 25.5 Å². The maximum atomic E-state index is 12.3. The number of amides is 1. The highest BCUT2D eigenvalue weighted by molar-refractivity contribution is 7.99. The SMILES string of the molecule is Cn1nnnc1SCC(=O)N1CCCC(Oc2ccncn2)C1. The average molecular weight is 335 g/mol. The number of ether oxygens (including phenoxy) is 1. The highest BCUT2D eigenvalue weighted by Crippen LogP contribution is 2.18. The Morgan fingerprint density at radius 3 is 3.17 bits per heavy atom. The van der Waals surface area contributed by atoms with E-state index in [9.17, 15) is 4.79 Å². The van der Waals surface area contributed by atoms with Crippen LogP contribution in [0.2, 0.25) is 0 Å². The molecule has 122 valence electrons.